The SMILES string of the molecule is O=C(/C=C/c1ccccc1Cl)Nc1ccccc1Cc1ccccc1. The number of anilines is 1. The van der Waals surface area contributed by atoms with Crippen LogP contribution in [0.2, 0.25) is 5.02 Å². The van der Waals surface area contributed by atoms with Gasteiger partial charge in [-0.05, 0) is 41.3 Å². The van der Waals surface area contributed by atoms with Crippen LogP contribution in [-0.4, -0.2) is 5.91 Å². The van der Waals surface area contributed by atoms with Gasteiger partial charge in [0, 0.05) is 16.8 Å². The Balaban J connectivity index is 1.72. The fourth-order valence-corrected chi connectivity index (χ4v) is 2.76. The molecular formula is C22H18ClNO. The van der Waals surface area contributed by atoms with Gasteiger partial charge in [-0.25, -0.2) is 0 Å². The van der Waals surface area contributed by atoms with Crippen LogP contribution in [0.1, 0.15) is 16.7 Å². The molecule has 3 heteroatoms. The van der Waals surface area contributed by atoms with Crippen LogP contribution in [0.3, 0.4) is 0 Å². The maximum Gasteiger partial charge on any atom is 0.248 e. The molecule has 0 fully saturated rings. The first-order chi connectivity index (χ1) is 12.2. The normalized spacial score (nSPS) is 10.8. The summed E-state index contributed by atoms with van der Waals surface area (Å²) in [7, 11) is 0. The van der Waals surface area contributed by atoms with Crippen LogP contribution in [0.15, 0.2) is 84.9 Å². The first-order valence-electron chi connectivity index (χ1n) is 8.08. The Bertz CT molecular complexity index is 887. The van der Waals surface area contributed by atoms with Gasteiger partial charge < -0.3 is 5.32 Å². The van der Waals surface area contributed by atoms with Crippen molar-refractivity contribution in [3.8, 4) is 0 Å². The summed E-state index contributed by atoms with van der Waals surface area (Å²) < 4.78 is 0. The van der Waals surface area contributed by atoms with Crippen molar-refractivity contribution in [2.75, 3.05) is 5.32 Å². The van der Waals surface area contributed by atoms with E-state index < -0.39 is 0 Å². The molecule has 0 spiro atoms. The molecule has 1 N–H and O–H groups in total. The molecule has 0 aromatic heterocycles. The van der Waals surface area contributed by atoms with Gasteiger partial charge in [0.05, 0.1) is 0 Å². The lowest BCUT2D eigenvalue weighted by Gasteiger charge is -2.10. The average Bonchev–Trinajstić information content (AvgIpc) is 2.64. The molecule has 3 aromatic carbocycles. The van der Waals surface area contributed by atoms with Crippen molar-refractivity contribution < 1.29 is 4.79 Å². The van der Waals surface area contributed by atoms with Gasteiger partial charge in [-0.15, -0.1) is 0 Å². The van der Waals surface area contributed by atoms with E-state index in [1.54, 1.807) is 12.1 Å². The standard InChI is InChI=1S/C22H18ClNO/c23-20-12-6-4-10-18(20)14-15-22(25)24-21-13-7-5-11-19(21)16-17-8-2-1-3-9-17/h1-15H,16H2,(H,24,25)/b15-14+. The van der Waals surface area contributed by atoms with Gasteiger partial charge in [-0.3, -0.25) is 4.79 Å². The molecule has 0 saturated carbocycles. The molecule has 0 bridgehead atoms. The van der Waals surface area contributed by atoms with Gasteiger partial charge in [0.1, 0.15) is 0 Å². The molecule has 3 aromatic rings. The summed E-state index contributed by atoms with van der Waals surface area (Å²) >= 11 is 6.10. The van der Waals surface area contributed by atoms with Gasteiger partial charge >= 0.3 is 0 Å². The lowest BCUT2D eigenvalue weighted by atomic mass is 10.0. The first-order valence-corrected chi connectivity index (χ1v) is 8.45. The summed E-state index contributed by atoms with van der Waals surface area (Å²) in [5.74, 6) is -0.180. The largest absolute Gasteiger partial charge is 0.322 e. The van der Waals surface area contributed by atoms with Crippen molar-refractivity contribution in [2.24, 2.45) is 0 Å². The lowest BCUT2D eigenvalue weighted by molar-refractivity contribution is -0.111. The molecule has 3 rings (SSSR count). The summed E-state index contributed by atoms with van der Waals surface area (Å²) in [5.41, 5.74) is 3.92. The first kappa shape index (κ1) is 17.0. The van der Waals surface area contributed by atoms with E-state index in [1.807, 2.05) is 60.7 Å². The van der Waals surface area contributed by atoms with E-state index in [1.165, 1.54) is 11.6 Å². The van der Waals surface area contributed by atoms with E-state index in [4.69, 9.17) is 11.6 Å². The second kappa shape index (κ2) is 8.32. The Morgan fingerprint density at radius 3 is 2.36 bits per heavy atom. The number of amides is 1. The van der Waals surface area contributed by atoms with Crippen LogP contribution in [0, 0.1) is 0 Å². The highest BCUT2D eigenvalue weighted by molar-refractivity contribution is 6.32. The van der Waals surface area contributed by atoms with Crippen molar-refractivity contribution in [1.82, 2.24) is 0 Å². The summed E-state index contributed by atoms with van der Waals surface area (Å²) in [4.78, 5) is 12.3. The highest BCUT2D eigenvalue weighted by Crippen LogP contribution is 2.20. The van der Waals surface area contributed by atoms with Gasteiger partial charge in [-0.1, -0.05) is 78.3 Å². The maximum atomic E-state index is 12.3. The second-order valence-corrected chi connectivity index (χ2v) is 6.07. The zero-order valence-corrected chi connectivity index (χ0v) is 14.4. The third-order valence-electron chi connectivity index (χ3n) is 3.83. The molecule has 0 aliphatic heterocycles. The molecule has 0 unspecified atom stereocenters. The molecule has 0 radical (unpaired) electrons. The number of benzene rings is 3. The quantitative estimate of drug-likeness (QED) is 0.599. The Labute approximate surface area is 152 Å². The number of carbonyl (C=O) groups is 1. The molecule has 0 atom stereocenters. The van der Waals surface area contributed by atoms with Crippen LogP contribution >= 0.6 is 11.6 Å². The van der Waals surface area contributed by atoms with Crippen LogP contribution < -0.4 is 5.32 Å². The molecule has 25 heavy (non-hydrogen) atoms. The highest BCUT2D eigenvalue weighted by atomic mass is 35.5. The summed E-state index contributed by atoms with van der Waals surface area (Å²) in [6.07, 6.45) is 3.99. The molecule has 124 valence electrons. The minimum Gasteiger partial charge on any atom is -0.322 e. The fourth-order valence-electron chi connectivity index (χ4n) is 2.56. The fraction of sp³-hybridized carbons (Fsp3) is 0.0455. The van der Waals surface area contributed by atoms with E-state index in [2.05, 4.69) is 17.4 Å². The van der Waals surface area contributed by atoms with Crippen molar-refractivity contribution in [2.45, 2.75) is 6.42 Å². The van der Waals surface area contributed by atoms with E-state index >= 15 is 0 Å². The van der Waals surface area contributed by atoms with Gasteiger partial charge in [0.2, 0.25) is 5.91 Å². The molecule has 0 aliphatic rings. The van der Waals surface area contributed by atoms with Crippen molar-refractivity contribution in [1.29, 1.82) is 0 Å². The third-order valence-corrected chi connectivity index (χ3v) is 4.18. The summed E-state index contributed by atoms with van der Waals surface area (Å²) in [6.45, 7) is 0. The van der Waals surface area contributed by atoms with Gasteiger partial charge in [-0.2, -0.15) is 0 Å². The van der Waals surface area contributed by atoms with Crippen LogP contribution in [0.4, 0.5) is 5.69 Å². The zero-order chi connectivity index (χ0) is 17.5. The zero-order valence-electron chi connectivity index (χ0n) is 13.7. The number of rotatable bonds is 5. The van der Waals surface area contributed by atoms with Crippen molar-refractivity contribution in [3.63, 3.8) is 0 Å². The molecular weight excluding hydrogens is 330 g/mol. The predicted molar refractivity (Wildman–Crippen MR) is 105 cm³/mol. The van der Waals surface area contributed by atoms with E-state index in [-0.39, 0.29) is 5.91 Å². The van der Waals surface area contributed by atoms with Gasteiger partial charge in [0.15, 0.2) is 0 Å². The molecule has 2 nitrogen and oxygen atoms in total. The average molecular weight is 348 g/mol. The molecule has 0 aliphatic carbocycles. The lowest BCUT2D eigenvalue weighted by Crippen LogP contribution is -2.10. The van der Waals surface area contributed by atoms with Gasteiger partial charge in [0.25, 0.3) is 0 Å². The molecule has 0 heterocycles. The Morgan fingerprint density at radius 2 is 1.56 bits per heavy atom. The number of para-hydroxylation sites is 1. The molecule has 1 amide bonds. The van der Waals surface area contributed by atoms with E-state index in [9.17, 15) is 4.79 Å². The molecule has 0 saturated heterocycles. The van der Waals surface area contributed by atoms with E-state index in [0.717, 1.165) is 23.2 Å². The topological polar surface area (TPSA) is 29.1 Å². The third kappa shape index (κ3) is 4.82. The number of hydrogen-bond donors (Lipinski definition) is 1. The van der Waals surface area contributed by atoms with Crippen LogP contribution in [-0.2, 0) is 11.2 Å². The summed E-state index contributed by atoms with van der Waals surface area (Å²) in [5, 5.41) is 3.57. The minimum atomic E-state index is -0.180. The summed E-state index contributed by atoms with van der Waals surface area (Å²) in [6, 6.07) is 25.4. The van der Waals surface area contributed by atoms with Crippen molar-refractivity contribution in [3.05, 3.63) is 107 Å². The Kier molecular flexibility index (Phi) is 5.65. The highest BCUT2D eigenvalue weighted by Gasteiger charge is 2.05. The van der Waals surface area contributed by atoms with Crippen LogP contribution in [0.25, 0.3) is 6.08 Å². The maximum absolute atomic E-state index is 12.3. The second-order valence-electron chi connectivity index (χ2n) is 5.66. The minimum absolute atomic E-state index is 0.180. The number of halogens is 1. The number of nitrogens with one attached hydrogen (secondary N) is 1. The monoisotopic (exact) mass is 347 g/mol. The van der Waals surface area contributed by atoms with Crippen molar-refractivity contribution >= 4 is 29.3 Å². The smallest absolute Gasteiger partial charge is 0.248 e. The number of hydrogen-bond acceptors (Lipinski definition) is 1. The van der Waals surface area contributed by atoms with E-state index in [0.29, 0.717) is 5.02 Å². The Hall–Kier alpha value is -2.84. The Morgan fingerprint density at radius 1 is 0.880 bits per heavy atom. The predicted octanol–water partition coefficient (Wildman–Crippen LogP) is 5.58. The van der Waals surface area contributed by atoms with Crippen LogP contribution in [0.5, 0.6) is 0 Å². The number of carbonyl (C=O) groups excluding carboxylic acids is 1.